The van der Waals surface area contributed by atoms with Crippen LogP contribution in [0.5, 0.6) is 0 Å². The molecular formula is C27H23N3O4S. The fraction of sp³-hybridized carbons (Fsp3) is 0.259. The van der Waals surface area contributed by atoms with Gasteiger partial charge in [-0.25, -0.2) is 9.78 Å². The monoisotopic (exact) mass is 485 g/mol. The average Bonchev–Trinajstić information content (AvgIpc) is 3.36. The van der Waals surface area contributed by atoms with Gasteiger partial charge in [0.2, 0.25) is 0 Å². The smallest absolute Gasteiger partial charge is 0.339 e. The highest BCUT2D eigenvalue weighted by Crippen LogP contribution is 2.37. The van der Waals surface area contributed by atoms with Crippen LogP contribution in [0.15, 0.2) is 46.9 Å². The van der Waals surface area contributed by atoms with E-state index in [1.165, 1.54) is 11.3 Å². The average molecular weight is 486 g/mol. The number of thiophene rings is 1. The summed E-state index contributed by atoms with van der Waals surface area (Å²) >= 11 is 1.45. The van der Waals surface area contributed by atoms with Crippen LogP contribution in [0.3, 0.4) is 0 Å². The van der Waals surface area contributed by atoms with E-state index in [-0.39, 0.29) is 0 Å². The molecule has 176 valence electrons. The van der Waals surface area contributed by atoms with E-state index in [1.807, 2.05) is 31.2 Å². The van der Waals surface area contributed by atoms with Gasteiger partial charge in [-0.1, -0.05) is 24.6 Å². The van der Waals surface area contributed by atoms with E-state index < -0.39 is 18.5 Å². The van der Waals surface area contributed by atoms with Crippen molar-refractivity contribution in [3.63, 3.8) is 0 Å². The van der Waals surface area contributed by atoms with E-state index >= 15 is 0 Å². The van der Waals surface area contributed by atoms with Gasteiger partial charge in [-0.2, -0.15) is 5.26 Å². The van der Waals surface area contributed by atoms with Crippen LogP contribution in [-0.2, 0) is 22.4 Å². The first-order chi connectivity index (χ1) is 17.0. The highest BCUT2D eigenvalue weighted by Gasteiger charge is 2.22. The number of nitrogens with one attached hydrogen (secondary N) is 1. The van der Waals surface area contributed by atoms with Crippen molar-refractivity contribution in [1.29, 1.82) is 5.26 Å². The Bertz CT molecular complexity index is 1480. The minimum Gasteiger partial charge on any atom is -0.460 e. The van der Waals surface area contributed by atoms with Crippen LogP contribution in [0.4, 0.5) is 5.00 Å². The van der Waals surface area contributed by atoms with E-state index in [2.05, 4.69) is 16.4 Å². The zero-order valence-electron chi connectivity index (χ0n) is 19.2. The summed E-state index contributed by atoms with van der Waals surface area (Å²) in [5, 5.41) is 13.6. The Kier molecular flexibility index (Phi) is 6.34. The van der Waals surface area contributed by atoms with E-state index in [1.54, 1.807) is 18.2 Å². The van der Waals surface area contributed by atoms with Crippen LogP contribution in [0.25, 0.3) is 22.4 Å². The van der Waals surface area contributed by atoms with E-state index in [4.69, 9.17) is 9.15 Å². The lowest BCUT2D eigenvalue weighted by atomic mass is 10.1. The molecule has 0 atom stereocenters. The molecular weight excluding hydrogens is 462 g/mol. The van der Waals surface area contributed by atoms with Crippen LogP contribution in [-0.4, -0.2) is 23.5 Å². The lowest BCUT2D eigenvalue weighted by molar-refractivity contribution is -0.119. The van der Waals surface area contributed by atoms with Crippen molar-refractivity contribution >= 4 is 39.1 Å². The summed E-state index contributed by atoms with van der Waals surface area (Å²) in [6, 6.07) is 14.7. The van der Waals surface area contributed by atoms with Gasteiger partial charge in [0.15, 0.2) is 12.4 Å². The Balaban J connectivity index is 1.34. The number of rotatable bonds is 5. The summed E-state index contributed by atoms with van der Waals surface area (Å²) in [6.07, 6.45) is 5.05. The number of hydrogen-bond acceptors (Lipinski definition) is 7. The van der Waals surface area contributed by atoms with Crippen molar-refractivity contribution in [2.24, 2.45) is 0 Å². The number of fused-ring (bicyclic) bond motifs is 2. The Morgan fingerprint density at radius 1 is 1.17 bits per heavy atom. The lowest BCUT2D eigenvalue weighted by Gasteiger charge is -2.09. The molecule has 0 aliphatic heterocycles. The van der Waals surface area contributed by atoms with Crippen LogP contribution in [0.2, 0.25) is 0 Å². The number of benzene rings is 1. The number of carbonyl (C=O) groups is 2. The number of nitrogens with zero attached hydrogens (tertiary/aromatic N) is 2. The summed E-state index contributed by atoms with van der Waals surface area (Å²) in [5.74, 6) is 0.164. The molecule has 35 heavy (non-hydrogen) atoms. The molecule has 0 saturated heterocycles. The second-order valence-corrected chi connectivity index (χ2v) is 9.59. The van der Waals surface area contributed by atoms with Crippen molar-refractivity contribution in [2.45, 2.75) is 39.0 Å². The number of aromatic nitrogens is 1. The van der Waals surface area contributed by atoms with E-state index in [0.29, 0.717) is 38.5 Å². The maximum Gasteiger partial charge on any atom is 0.339 e. The van der Waals surface area contributed by atoms with Gasteiger partial charge in [-0.3, -0.25) is 4.79 Å². The number of hydrogen-bond donors (Lipinski definition) is 1. The van der Waals surface area contributed by atoms with Gasteiger partial charge in [0.25, 0.3) is 5.91 Å². The zero-order valence-corrected chi connectivity index (χ0v) is 20.0. The summed E-state index contributed by atoms with van der Waals surface area (Å²) in [5.41, 5.74) is 3.01. The molecule has 3 aromatic heterocycles. The molecule has 0 spiro atoms. The van der Waals surface area contributed by atoms with Gasteiger partial charge in [-0.05, 0) is 62.4 Å². The maximum absolute atomic E-state index is 13.0. The number of carbonyl (C=O) groups excluding carboxylic acids is 2. The molecule has 0 radical (unpaired) electrons. The van der Waals surface area contributed by atoms with Gasteiger partial charge in [-0.15, -0.1) is 11.3 Å². The summed E-state index contributed by atoms with van der Waals surface area (Å²) in [7, 11) is 0. The van der Waals surface area contributed by atoms with Crippen molar-refractivity contribution in [1.82, 2.24) is 4.98 Å². The molecule has 7 nitrogen and oxygen atoms in total. The first-order valence-corrected chi connectivity index (χ1v) is 12.3. The SMILES string of the molecule is Cc1ccc(-c2cc(C(=O)OCC(=O)Nc3sc4c(c3C#N)CCCCC4)c3ccccc3n2)o1. The second kappa shape index (κ2) is 9.72. The second-order valence-electron chi connectivity index (χ2n) is 8.49. The van der Waals surface area contributed by atoms with Crippen LogP contribution < -0.4 is 5.32 Å². The number of furan rings is 1. The fourth-order valence-corrected chi connectivity index (χ4v) is 5.62. The van der Waals surface area contributed by atoms with Crippen LogP contribution in [0, 0.1) is 18.3 Å². The third-order valence-electron chi connectivity index (χ3n) is 6.05. The van der Waals surface area contributed by atoms with Crippen LogP contribution >= 0.6 is 11.3 Å². The van der Waals surface area contributed by atoms with Gasteiger partial charge in [0.1, 0.15) is 22.5 Å². The largest absolute Gasteiger partial charge is 0.460 e. The number of para-hydroxylation sites is 1. The summed E-state index contributed by atoms with van der Waals surface area (Å²) in [4.78, 5) is 31.4. The first-order valence-electron chi connectivity index (χ1n) is 11.5. The minimum atomic E-state index is -0.634. The number of anilines is 1. The van der Waals surface area contributed by atoms with Crippen molar-refractivity contribution in [3.8, 4) is 17.5 Å². The number of nitriles is 1. The molecule has 8 heteroatoms. The Morgan fingerprint density at radius 3 is 2.80 bits per heavy atom. The topological polar surface area (TPSA) is 105 Å². The quantitative estimate of drug-likeness (QED) is 0.283. The van der Waals surface area contributed by atoms with Crippen molar-refractivity contribution in [2.75, 3.05) is 11.9 Å². The first kappa shape index (κ1) is 22.8. The molecule has 1 aliphatic carbocycles. The minimum absolute atomic E-state index is 0.299. The molecule has 3 heterocycles. The normalized spacial score (nSPS) is 13.0. The predicted molar refractivity (Wildman–Crippen MR) is 133 cm³/mol. The lowest BCUT2D eigenvalue weighted by Crippen LogP contribution is -2.21. The van der Waals surface area contributed by atoms with Gasteiger partial charge >= 0.3 is 5.97 Å². The third kappa shape index (κ3) is 4.68. The fourth-order valence-electron chi connectivity index (χ4n) is 4.36. The molecule has 1 N–H and O–H groups in total. The maximum atomic E-state index is 13.0. The Morgan fingerprint density at radius 2 is 2.00 bits per heavy atom. The molecule has 0 fully saturated rings. The number of pyridine rings is 1. The molecule has 1 aliphatic rings. The summed E-state index contributed by atoms with van der Waals surface area (Å²) in [6.45, 7) is 1.37. The highest BCUT2D eigenvalue weighted by atomic mass is 32.1. The van der Waals surface area contributed by atoms with E-state index in [9.17, 15) is 14.9 Å². The number of ether oxygens (including phenoxy) is 1. The zero-order chi connectivity index (χ0) is 24.4. The van der Waals surface area contributed by atoms with Gasteiger partial charge in [0, 0.05) is 10.3 Å². The molecule has 0 bridgehead atoms. The molecule has 0 unspecified atom stereocenters. The molecule has 1 amide bonds. The predicted octanol–water partition coefficient (Wildman–Crippen LogP) is 5.80. The van der Waals surface area contributed by atoms with Crippen LogP contribution in [0.1, 0.15) is 51.4 Å². The van der Waals surface area contributed by atoms with Crippen molar-refractivity contribution in [3.05, 3.63) is 69.8 Å². The molecule has 5 rings (SSSR count). The molecule has 0 saturated carbocycles. The molecule has 1 aromatic carbocycles. The van der Waals surface area contributed by atoms with Gasteiger partial charge in [0.05, 0.1) is 16.6 Å². The molecule has 4 aromatic rings. The number of esters is 1. The van der Waals surface area contributed by atoms with E-state index in [0.717, 1.165) is 48.3 Å². The number of aryl methyl sites for hydroxylation is 2. The van der Waals surface area contributed by atoms with Gasteiger partial charge < -0.3 is 14.5 Å². The Labute approximate surface area is 206 Å². The number of amides is 1. The third-order valence-corrected chi connectivity index (χ3v) is 7.26. The highest BCUT2D eigenvalue weighted by molar-refractivity contribution is 7.16. The standard InChI is InChI=1S/C27H23N3O4S/c1-16-11-12-23(34-16)22-13-19(17-7-5-6-9-21(17)29-22)27(32)33-15-25(31)30-26-20(14-28)18-8-3-2-4-10-24(18)35-26/h5-7,9,11-13H,2-4,8,10,15H2,1H3,(H,30,31). The summed E-state index contributed by atoms with van der Waals surface area (Å²) < 4.78 is 11.1. The van der Waals surface area contributed by atoms with Crippen molar-refractivity contribution < 1.29 is 18.7 Å². The Hall–Kier alpha value is -3.96.